The predicted octanol–water partition coefficient (Wildman–Crippen LogP) is 2.53. The topological polar surface area (TPSA) is 20.6 Å². The molecule has 0 N–H and O–H groups in total. The van der Waals surface area contributed by atoms with Gasteiger partial charge in [0.25, 0.3) is 0 Å². The minimum Gasteiger partial charge on any atom is -0.658 e. The van der Waals surface area contributed by atoms with E-state index in [9.17, 15) is 0 Å². The molecule has 0 aliphatic heterocycles. The Balaban J connectivity index is -0.0000000490. The van der Waals surface area contributed by atoms with Crippen molar-refractivity contribution in [3.63, 3.8) is 0 Å². The van der Waals surface area contributed by atoms with Crippen LogP contribution in [0.1, 0.15) is 69.2 Å². The van der Waals surface area contributed by atoms with E-state index < -0.39 is 0 Å². The van der Waals surface area contributed by atoms with Crippen LogP contribution in [0.25, 0.3) is 5.32 Å². The minimum absolute atomic E-state index is 0. The standard InChI is InChI=1S/C6H16N2.C6H14N.2C4H9.Na.Zn/c1-7(2)5-6-8(3)4;1-5(2)7-6(3)4;2*1-4(2)3;;/h5-6H2,1-4H3;5-6H,1-4H3;2*1-3H3;;/q;3*-1;+1;+2. The van der Waals surface area contributed by atoms with Gasteiger partial charge in [0.2, 0.25) is 0 Å². The first-order valence-corrected chi connectivity index (χ1v) is 8.75. The number of nitrogens with zero attached hydrogens (tertiary/aromatic N) is 3. The van der Waals surface area contributed by atoms with Crippen molar-refractivity contribution in [2.75, 3.05) is 41.3 Å². The molecule has 0 saturated heterocycles. The van der Waals surface area contributed by atoms with Crippen LogP contribution in [0, 0.1) is 11.8 Å². The first kappa shape index (κ1) is 41.0. The smallest absolute Gasteiger partial charge is 0.658 e. The molecule has 146 valence electrons. The fourth-order valence-corrected chi connectivity index (χ4v) is 0.996. The molecule has 0 atom stereocenters. The molecule has 0 unspecified atom stereocenters. The zero-order valence-corrected chi connectivity index (χ0v) is 25.6. The van der Waals surface area contributed by atoms with Crippen molar-refractivity contribution in [3.05, 3.63) is 17.2 Å². The molecule has 3 nitrogen and oxygen atoms in total. The molecule has 0 spiro atoms. The summed E-state index contributed by atoms with van der Waals surface area (Å²) in [5.74, 6) is 2.83. The number of hydrogen-bond acceptors (Lipinski definition) is 2. The number of rotatable bonds is 5. The van der Waals surface area contributed by atoms with Crippen molar-refractivity contribution in [3.8, 4) is 0 Å². The molecule has 0 fully saturated rings. The van der Waals surface area contributed by atoms with E-state index in [4.69, 9.17) is 0 Å². The van der Waals surface area contributed by atoms with Crippen LogP contribution in [0.5, 0.6) is 0 Å². The number of likely N-dealkylation sites (N-methyl/N-ethyl adjacent to an activating group) is 2. The van der Waals surface area contributed by atoms with E-state index in [0.29, 0.717) is 12.1 Å². The molecular weight excluding hydrogens is 371 g/mol. The summed E-state index contributed by atoms with van der Waals surface area (Å²) in [6.45, 7) is 23.2. The van der Waals surface area contributed by atoms with Crippen LogP contribution in [0.15, 0.2) is 0 Å². The zero-order chi connectivity index (χ0) is 19.6. The summed E-state index contributed by atoms with van der Waals surface area (Å²) in [4.78, 5) is 4.36. The van der Waals surface area contributed by atoms with Crippen LogP contribution in [-0.4, -0.2) is 63.2 Å². The van der Waals surface area contributed by atoms with E-state index in [1.165, 1.54) is 11.8 Å². The van der Waals surface area contributed by atoms with Crippen molar-refractivity contribution >= 4 is 0 Å². The summed E-state index contributed by atoms with van der Waals surface area (Å²) in [5.41, 5.74) is 0. The molecule has 0 aliphatic rings. The molecule has 0 rings (SSSR count). The maximum absolute atomic E-state index is 4.28. The molecule has 0 aromatic carbocycles. The van der Waals surface area contributed by atoms with Gasteiger partial charge in [-0.3, -0.25) is 0 Å². The van der Waals surface area contributed by atoms with Crippen LogP contribution in [0.2, 0.25) is 0 Å². The molecule has 0 radical (unpaired) electrons. The third-order valence-electron chi connectivity index (χ3n) is 1.59. The molecule has 0 aliphatic carbocycles. The van der Waals surface area contributed by atoms with Crippen molar-refractivity contribution < 1.29 is 49.0 Å². The van der Waals surface area contributed by atoms with Gasteiger partial charge in [0, 0.05) is 13.1 Å². The largest absolute Gasteiger partial charge is 2.00 e. The second kappa shape index (κ2) is 30.2. The zero-order valence-electron chi connectivity index (χ0n) is 20.6. The molecule has 0 heterocycles. The predicted molar refractivity (Wildman–Crippen MR) is 111 cm³/mol. The Kier molecular flexibility index (Phi) is 49.6. The second-order valence-electron chi connectivity index (χ2n) is 7.94. The SMILES string of the molecule is CC(C)[N-]C(C)C.CN(C)CCN(C)C.C[C-](C)C.C[C-](C)C.[Na+].[Zn+2]. The fourth-order valence-electron chi connectivity index (χ4n) is 0.996. The molecule has 0 bridgehead atoms. The van der Waals surface area contributed by atoms with Gasteiger partial charge in [0.1, 0.15) is 0 Å². The van der Waals surface area contributed by atoms with Crippen molar-refractivity contribution in [1.29, 1.82) is 0 Å². The molecule has 0 aromatic rings. The van der Waals surface area contributed by atoms with Gasteiger partial charge in [0.05, 0.1) is 0 Å². The van der Waals surface area contributed by atoms with Crippen LogP contribution >= 0.6 is 0 Å². The van der Waals surface area contributed by atoms with E-state index >= 15 is 0 Å². The molecule has 0 amide bonds. The van der Waals surface area contributed by atoms with Crippen LogP contribution in [0.3, 0.4) is 0 Å². The Bertz CT molecular complexity index is 172. The average molecular weight is 419 g/mol. The molecule has 25 heavy (non-hydrogen) atoms. The molecule has 0 saturated carbocycles. The summed E-state index contributed by atoms with van der Waals surface area (Å²) >= 11 is 0. The van der Waals surface area contributed by atoms with E-state index in [1.54, 1.807) is 0 Å². The first-order valence-electron chi connectivity index (χ1n) is 8.75. The first-order chi connectivity index (χ1) is 10.2. The van der Waals surface area contributed by atoms with E-state index in [-0.39, 0.29) is 49.0 Å². The third-order valence-corrected chi connectivity index (χ3v) is 1.59. The van der Waals surface area contributed by atoms with E-state index in [1.807, 2.05) is 0 Å². The quantitative estimate of drug-likeness (QED) is 0.505. The van der Waals surface area contributed by atoms with Crippen molar-refractivity contribution in [1.82, 2.24) is 9.80 Å². The normalized spacial score (nSPS) is 9.60. The second-order valence-corrected chi connectivity index (χ2v) is 7.94. The Morgan fingerprint density at radius 1 is 0.640 bits per heavy atom. The van der Waals surface area contributed by atoms with E-state index in [2.05, 4.69) is 113 Å². The van der Waals surface area contributed by atoms with Gasteiger partial charge in [-0.2, -0.15) is 41.5 Å². The summed E-state index contributed by atoms with van der Waals surface area (Å²) in [6, 6.07) is 1.000. The Morgan fingerprint density at radius 2 is 0.800 bits per heavy atom. The van der Waals surface area contributed by atoms with Gasteiger partial charge in [-0.15, -0.1) is 12.1 Å². The summed E-state index contributed by atoms with van der Waals surface area (Å²) in [6.07, 6.45) is 0. The monoisotopic (exact) mass is 417 g/mol. The summed E-state index contributed by atoms with van der Waals surface area (Å²) < 4.78 is 0. The Labute approximate surface area is 197 Å². The summed E-state index contributed by atoms with van der Waals surface area (Å²) in [5, 5.41) is 4.28. The number of hydrogen-bond donors (Lipinski definition) is 0. The van der Waals surface area contributed by atoms with Crippen LogP contribution in [-0.2, 0) is 19.5 Å². The average Bonchev–Trinajstić information content (AvgIpc) is 2.23. The van der Waals surface area contributed by atoms with Gasteiger partial charge in [-0.25, -0.2) is 0 Å². The van der Waals surface area contributed by atoms with Gasteiger partial charge in [0.15, 0.2) is 0 Å². The van der Waals surface area contributed by atoms with Crippen LogP contribution < -0.4 is 29.6 Å². The van der Waals surface area contributed by atoms with Crippen molar-refractivity contribution in [2.45, 2.75) is 81.3 Å². The van der Waals surface area contributed by atoms with Crippen molar-refractivity contribution in [2.24, 2.45) is 0 Å². The Morgan fingerprint density at radius 3 is 0.840 bits per heavy atom. The molecule has 5 heteroatoms. The fraction of sp³-hybridized carbons (Fsp3) is 0.900. The van der Waals surface area contributed by atoms with Gasteiger partial charge in [-0.05, 0) is 28.2 Å². The third kappa shape index (κ3) is 128. The van der Waals surface area contributed by atoms with Gasteiger partial charge >= 0.3 is 49.0 Å². The van der Waals surface area contributed by atoms with Gasteiger partial charge < -0.3 is 27.0 Å². The molecular formula is C20H48N3NaZn. The maximum atomic E-state index is 4.28. The minimum atomic E-state index is 0. The van der Waals surface area contributed by atoms with Gasteiger partial charge in [-0.1, -0.05) is 27.7 Å². The van der Waals surface area contributed by atoms with E-state index in [0.717, 1.165) is 13.1 Å². The maximum Gasteiger partial charge on any atom is 2.00 e. The van der Waals surface area contributed by atoms with Crippen LogP contribution in [0.4, 0.5) is 0 Å². The summed E-state index contributed by atoms with van der Waals surface area (Å²) in [7, 11) is 8.35. The Hall–Kier alpha value is 1.50. The molecule has 0 aromatic heterocycles.